The lowest BCUT2D eigenvalue weighted by Gasteiger charge is -2.06. The molecule has 0 atom stereocenters. The zero-order valence-corrected chi connectivity index (χ0v) is 10.5. The first-order chi connectivity index (χ1) is 7.09. The van der Waals surface area contributed by atoms with Crippen molar-refractivity contribution in [3.63, 3.8) is 0 Å². The van der Waals surface area contributed by atoms with E-state index in [9.17, 15) is 4.79 Å². The fourth-order valence-electron chi connectivity index (χ4n) is 1.09. The van der Waals surface area contributed by atoms with Gasteiger partial charge >= 0.3 is 0 Å². The SMILES string of the molecule is CC(C)CCNC(=O)c1ccc(Br)nc1. The second kappa shape index (κ2) is 5.85. The van der Waals surface area contributed by atoms with Crippen molar-refractivity contribution in [3.8, 4) is 0 Å². The number of hydrogen-bond acceptors (Lipinski definition) is 2. The minimum Gasteiger partial charge on any atom is -0.352 e. The molecule has 0 saturated heterocycles. The molecule has 1 rings (SSSR count). The number of hydrogen-bond donors (Lipinski definition) is 1. The summed E-state index contributed by atoms with van der Waals surface area (Å²) in [4.78, 5) is 15.6. The van der Waals surface area contributed by atoms with Gasteiger partial charge in [-0.15, -0.1) is 0 Å². The van der Waals surface area contributed by atoms with Gasteiger partial charge in [-0.2, -0.15) is 0 Å². The summed E-state index contributed by atoms with van der Waals surface area (Å²) in [7, 11) is 0. The quantitative estimate of drug-likeness (QED) is 0.855. The summed E-state index contributed by atoms with van der Waals surface area (Å²) in [6.07, 6.45) is 2.56. The van der Waals surface area contributed by atoms with E-state index in [4.69, 9.17) is 0 Å². The third-order valence-electron chi connectivity index (χ3n) is 2.00. The van der Waals surface area contributed by atoms with Gasteiger partial charge in [0.05, 0.1) is 5.56 Å². The molecule has 1 heterocycles. The molecule has 82 valence electrons. The lowest BCUT2D eigenvalue weighted by Crippen LogP contribution is -2.25. The van der Waals surface area contributed by atoms with Gasteiger partial charge in [0, 0.05) is 12.7 Å². The van der Waals surface area contributed by atoms with Crippen LogP contribution in [0.4, 0.5) is 0 Å². The fraction of sp³-hybridized carbons (Fsp3) is 0.455. The van der Waals surface area contributed by atoms with Gasteiger partial charge in [0.1, 0.15) is 4.60 Å². The molecule has 0 aliphatic heterocycles. The van der Waals surface area contributed by atoms with Crippen LogP contribution in [0.2, 0.25) is 0 Å². The number of rotatable bonds is 4. The van der Waals surface area contributed by atoms with Crippen LogP contribution in [0.3, 0.4) is 0 Å². The molecular weight excluding hydrogens is 256 g/mol. The van der Waals surface area contributed by atoms with Crippen molar-refractivity contribution in [2.75, 3.05) is 6.54 Å². The van der Waals surface area contributed by atoms with Crippen molar-refractivity contribution in [3.05, 3.63) is 28.5 Å². The Kier molecular flexibility index (Phi) is 4.75. The minimum atomic E-state index is -0.0596. The highest BCUT2D eigenvalue weighted by atomic mass is 79.9. The molecule has 3 nitrogen and oxygen atoms in total. The normalized spacial score (nSPS) is 10.4. The van der Waals surface area contributed by atoms with E-state index >= 15 is 0 Å². The molecule has 1 aromatic heterocycles. The van der Waals surface area contributed by atoms with Crippen molar-refractivity contribution in [2.24, 2.45) is 5.92 Å². The van der Waals surface area contributed by atoms with E-state index in [1.807, 2.05) is 0 Å². The average molecular weight is 271 g/mol. The number of aromatic nitrogens is 1. The van der Waals surface area contributed by atoms with E-state index < -0.39 is 0 Å². The van der Waals surface area contributed by atoms with Crippen LogP contribution < -0.4 is 5.32 Å². The summed E-state index contributed by atoms with van der Waals surface area (Å²) in [6, 6.07) is 3.51. The van der Waals surface area contributed by atoms with Crippen molar-refractivity contribution in [1.82, 2.24) is 10.3 Å². The molecule has 0 aromatic carbocycles. The Morgan fingerprint density at radius 2 is 2.27 bits per heavy atom. The number of carbonyl (C=O) groups is 1. The number of halogens is 1. The predicted molar refractivity (Wildman–Crippen MR) is 63.7 cm³/mol. The smallest absolute Gasteiger partial charge is 0.252 e. The number of pyridine rings is 1. The third kappa shape index (κ3) is 4.42. The molecule has 15 heavy (non-hydrogen) atoms. The minimum absolute atomic E-state index is 0.0596. The highest BCUT2D eigenvalue weighted by molar-refractivity contribution is 9.10. The predicted octanol–water partition coefficient (Wildman–Crippen LogP) is 2.62. The highest BCUT2D eigenvalue weighted by Crippen LogP contribution is 2.06. The lowest BCUT2D eigenvalue weighted by atomic mass is 10.1. The van der Waals surface area contributed by atoms with Crippen LogP contribution in [0.15, 0.2) is 22.9 Å². The first-order valence-electron chi connectivity index (χ1n) is 4.99. The summed E-state index contributed by atoms with van der Waals surface area (Å²) >= 11 is 3.22. The number of carbonyl (C=O) groups excluding carboxylic acids is 1. The van der Waals surface area contributed by atoms with Gasteiger partial charge in [0.15, 0.2) is 0 Å². The van der Waals surface area contributed by atoms with E-state index in [1.54, 1.807) is 18.3 Å². The molecular formula is C11H15BrN2O. The molecule has 0 radical (unpaired) electrons. The van der Waals surface area contributed by atoms with Crippen LogP contribution in [0.1, 0.15) is 30.6 Å². The Morgan fingerprint density at radius 1 is 1.53 bits per heavy atom. The molecule has 0 aliphatic carbocycles. The monoisotopic (exact) mass is 270 g/mol. The topological polar surface area (TPSA) is 42.0 Å². The first-order valence-corrected chi connectivity index (χ1v) is 5.78. The molecule has 0 saturated carbocycles. The number of nitrogens with one attached hydrogen (secondary N) is 1. The summed E-state index contributed by atoms with van der Waals surface area (Å²) in [5, 5.41) is 2.86. The van der Waals surface area contributed by atoms with Gasteiger partial charge < -0.3 is 5.32 Å². The standard InChI is InChI=1S/C11H15BrN2O/c1-8(2)5-6-13-11(15)9-3-4-10(12)14-7-9/h3-4,7-8H,5-6H2,1-2H3,(H,13,15). The van der Waals surface area contributed by atoms with Gasteiger partial charge in [0.2, 0.25) is 0 Å². The zero-order valence-electron chi connectivity index (χ0n) is 8.96. The molecule has 0 bridgehead atoms. The maximum atomic E-state index is 11.6. The van der Waals surface area contributed by atoms with Crippen molar-refractivity contribution in [2.45, 2.75) is 20.3 Å². The Hall–Kier alpha value is -0.900. The van der Waals surface area contributed by atoms with Gasteiger partial charge in [0.25, 0.3) is 5.91 Å². The van der Waals surface area contributed by atoms with Crippen LogP contribution in [0, 0.1) is 5.92 Å². The Balaban J connectivity index is 2.43. The third-order valence-corrected chi connectivity index (χ3v) is 2.47. The van der Waals surface area contributed by atoms with Gasteiger partial charge in [-0.05, 0) is 40.4 Å². The van der Waals surface area contributed by atoms with Crippen LogP contribution in [-0.2, 0) is 0 Å². The molecule has 1 amide bonds. The molecule has 0 aliphatic rings. The van der Waals surface area contributed by atoms with E-state index in [0.717, 1.165) is 11.0 Å². The molecule has 1 N–H and O–H groups in total. The van der Waals surface area contributed by atoms with E-state index in [0.29, 0.717) is 18.0 Å². The number of nitrogens with zero attached hydrogens (tertiary/aromatic N) is 1. The van der Waals surface area contributed by atoms with Crippen LogP contribution in [-0.4, -0.2) is 17.4 Å². The average Bonchev–Trinajstić information content (AvgIpc) is 2.18. The molecule has 1 aromatic rings. The van der Waals surface area contributed by atoms with Crippen molar-refractivity contribution >= 4 is 21.8 Å². The van der Waals surface area contributed by atoms with Crippen molar-refractivity contribution < 1.29 is 4.79 Å². The Labute approximate surface area is 98.4 Å². The van der Waals surface area contributed by atoms with Crippen LogP contribution >= 0.6 is 15.9 Å². The van der Waals surface area contributed by atoms with Crippen LogP contribution in [0.5, 0.6) is 0 Å². The summed E-state index contributed by atoms with van der Waals surface area (Å²) in [6.45, 7) is 4.98. The maximum absolute atomic E-state index is 11.6. The molecule has 0 fully saturated rings. The summed E-state index contributed by atoms with van der Waals surface area (Å²) in [5.41, 5.74) is 0.599. The summed E-state index contributed by atoms with van der Waals surface area (Å²) < 4.78 is 0.737. The largest absolute Gasteiger partial charge is 0.352 e. The Morgan fingerprint density at radius 3 is 2.80 bits per heavy atom. The second-order valence-corrected chi connectivity index (χ2v) is 4.62. The van der Waals surface area contributed by atoms with Gasteiger partial charge in [-0.3, -0.25) is 4.79 Å². The molecule has 0 spiro atoms. The van der Waals surface area contributed by atoms with E-state index in [1.165, 1.54) is 0 Å². The molecule has 4 heteroatoms. The number of amides is 1. The lowest BCUT2D eigenvalue weighted by molar-refractivity contribution is 0.0951. The zero-order chi connectivity index (χ0) is 11.3. The van der Waals surface area contributed by atoms with E-state index in [2.05, 4.69) is 40.1 Å². The maximum Gasteiger partial charge on any atom is 0.252 e. The summed E-state index contributed by atoms with van der Waals surface area (Å²) in [5.74, 6) is 0.545. The fourth-order valence-corrected chi connectivity index (χ4v) is 1.32. The van der Waals surface area contributed by atoms with Crippen LogP contribution in [0.25, 0.3) is 0 Å². The molecule has 0 unspecified atom stereocenters. The Bertz CT molecular complexity index is 322. The first kappa shape index (κ1) is 12.2. The van der Waals surface area contributed by atoms with Crippen molar-refractivity contribution in [1.29, 1.82) is 0 Å². The van der Waals surface area contributed by atoms with Gasteiger partial charge in [-0.1, -0.05) is 13.8 Å². The van der Waals surface area contributed by atoms with Gasteiger partial charge in [-0.25, -0.2) is 4.98 Å². The van der Waals surface area contributed by atoms with E-state index in [-0.39, 0.29) is 5.91 Å². The highest BCUT2D eigenvalue weighted by Gasteiger charge is 2.04. The second-order valence-electron chi connectivity index (χ2n) is 3.81.